The number of nitrogens with one attached hydrogen (secondary N) is 1. The number of para-hydroxylation sites is 1. The number of carbonyl (C=O) groups is 1. The maximum Gasteiger partial charge on any atom is 0.261 e. The van der Waals surface area contributed by atoms with Crippen LogP contribution in [0.2, 0.25) is 0 Å². The summed E-state index contributed by atoms with van der Waals surface area (Å²) in [5.41, 5.74) is 3.14. The Hall–Kier alpha value is -3.68. The molecule has 0 bridgehead atoms. The van der Waals surface area contributed by atoms with Gasteiger partial charge in [0.05, 0.1) is 29.5 Å². The van der Waals surface area contributed by atoms with Gasteiger partial charge in [-0.2, -0.15) is 4.98 Å². The van der Waals surface area contributed by atoms with Crippen LogP contribution in [-0.4, -0.2) is 50.1 Å². The molecule has 0 spiro atoms. The van der Waals surface area contributed by atoms with E-state index >= 15 is 0 Å². The molecule has 1 N–H and O–H groups in total. The smallest absolute Gasteiger partial charge is 0.261 e. The average Bonchev–Trinajstić information content (AvgIpc) is 3.20. The molecule has 6 rings (SSSR count). The lowest BCUT2D eigenvalue weighted by molar-refractivity contribution is 0.0772. The third kappa shape index (κ3) is 3.43. The molecule has 4 aromatic rings. The van der Waals surface area contributed by atoms with E-state index in [0.717, 1.165) is 41.7 Å². The summed E-state index contributed by atoms with van der Waals surface area (Å²) < 4.78 is 11.8. The second-order valence-corrected chi connectivity index (χ2v) is 8.14. The van der Waals surface area contributed by atoms with Crippen LogP contribution >= 0.6 is 0 Å². The van der Waals surface area contributed by atoms with E-state index in [1.54, 1.807) is 6.33 Å². The summed E-state index contributed by atoms with van der Waals surface area (Å²) in [6.45, 7) is 1.18. The minimum atomic E-state index is -0.0909. The van der Waals surface area contributed by atoms with Crippen LogP contribution in [0, 0.1) is 0 Å². The predicted octanol–water partition coefficient (Wildman–Crippen LogP) is 3.78. The SMILES string of the molecule is O=C(c1ccc2nc[nH]c2c1)N1CCC(Oc2ccccc2-c2nc(C3CC3)no2)C1. The van der Waals surface area contributed by atoms with Crippen molar-refractivity contribution in [3.8, 4) is 17.2 Å². The number of aromatic nitrogens is 4. The van der Waals surface area contributed by atoms with Gasteiger partial charge in [0.1, 0.15) is 11.9 Å². The fraction of sp³-hybridized carbons (Fsp3) is 0.304. The predicted molar refractivity (Wildman–Crippen MR) is 113 cm³/mol. The van der Waals surface area contributed by atoms with E-state index in [1.165, 1.54) is 0 Å². The highest BCUT2D eigenvalue weighted by atomic mass is 16.5. The van der Waals surface area contributed by atoms with Gasteiger partial charge in [0.2, 0.25) is 0 Å². The molecule has 1 unspecified atom stereocenters. The highest BCUT2D eigenvalue weighted by molar-refractivity contribution is 5.97. The molecule has 1 atom stereocenters. The Bertz CT molecular complexity index is 1260. The van der Waals surface area contributed by atoms with Crippen LogP contribution in [0.3, 0.4) is 0 Å². The molecule has 8 heteroatoms. The van der Waals surface area contributed by atoms with Gasteiger partial charge in [0.25, 0.3) is 11.8 Å². The van der Waals surface area contributed by atoms with Gasteiger partial charge in [0, 0.05) is 24.4 Å². The Morgan fingerprint density at radius 3 is 2.97 bits per heavy atom. The van der Waals surface area contributed by atoms with Crippen LogP contribution in [0.15, 0.2) is 53.3 Å². The molecule has 0 radical (unpaired) electrons. The molecule has 2 fully saturated rings. The zero-order valence-corrected chi connectivity index (χ0v) is 16.8. The van der Waals surface area contributed by atoms with Gasteiger partial charge in [-0.25, -0.2) is 4.98 Å². The Balaban J connectivity index is 1.17. The fourth-order valence-electron chi connectivity index (χ4n) is 4.04. The number of aromatic amines is 1. The normalized spacial score (nSPS) is 18.6. The summed E-state index contributed by atoms with van der Waals surface area (Å²) in [5.74, 6) is 2.39. The van der Waals surface area contributed by atoms with Crippen LogP contribution in [0.25, 0.3) is 22.5 Å². The first-order valence-electron chi connectivity index (χ1n) is 10.6. The second-order valence-electron chi connectivity index (χ2n) is 8.14. The van der Waals surface area contributed by atoms with E-state index in [4.69, 9.17) is 9.26 Å². The molecule has 1 saturated heterocycles. The van der Waals surface area contributed by atoms with Gasteiger partial charge in [0.15, 0.2) is 5.82 Å². The number of hydrogen-bond acceptors (Lipinski definition) is 6. The van der Waals surface area contributed by atoms with E-state index in [2.05, 4.69) is 20.1 Å². The van der Waals surface area contributed by atoms with Gasteiger partial charge in [-0.1, -0.05) is 17.3 Å². The zero-order valence-electron chi connectivity index (χ0n) is 16.8. The Kier molecular flexibility index (Phi) is 4.22. The number of nitrogens with zero attached hydrogens (tertiary/aromatic N) is 4. The van der Waals surface area contributed by atoms with Crippen LogP contribution in [-0.2, 0) is 0 Å². The second kappa shape index (κ2) is 7.23. The first-order chi connectivity index (χ1) is 15.2. The third-order valence-electron chi connectivity index (χ3n) is 5.89. The molecule has 2 aromatic carbocycles. The molecule has 2 aromatic heterocycles. The van der Waals surface area contributed by atoms with Gasteiger partial charge in [-0.3, -0.25) is 4.79 Å². The van der Waals surface area contributed by atoms with Crippen molar-refractivity contribution in [2.75, 3.05) is 13.1 Å². The monoisotopic (exact) mass is 415 g/mol. The van der Waals surface area contributed by atoms with E-state index in [0.29, 0.717) is 36.2 Å². The number of fused-ring (bicyclic) bond motifs is 1. The summed E-state index contributed by atoms with van der Waals surface area (Å²) in [6, 6.07) is 13.2. The van der Waals surface area contributed by atoms with Crippen LogP contribution < -0.4 is 4.74 Å². The number of carbonyl (C=O) groups excluding carboxylic acids is 1. The number of likely N-dealkylation sites (tertiary alicyclic amines) is 1. The Morgan fingerprint density at radius 2 is 2.06 bits per heavy atom. The zero-order chi connectivity index (χ0) is 20.8. The average molecular weight is 415 g/mol. The first-order valence-corrected chi connectivity index (χ1v) is 10.6. The molecule has 8 nitrogen and oxygen atoms in total. The van der Waals surface area contributed by atoms with Crippen molar-refractivity contribution >= 4 is 16.9 Å². The fourth-order valence-corrected chi connectivity index (χ4v) is 4.04. The minimum Gasteiger partial charge on any atom is -0.488 e. The van der Waals surface area contributed by atoms with Crippen LogP contribution in [0.5, 0.6) is 5.75 Å². The van der Waals surface area contributed by atoms with Crippen molar-refractivity contribution in [1.82, 2.24) is 25.0 Å². The number of imidazole rings is 1. The lowest BCUT2D eigenvalue weighted by Crippen LogP contribution is -2.31. The van der Waals surface area contributed by atoms with E-state index in [-0.39, 0.29) is 12.0 Å². The maximum absolute atomic E-state index is 13.0. The maximum atomic E-state index is 13.0. The van der Waals surface area contributed by atoms with Gasteiger partial charge in [-0.05, 0) is 43.2 Å². The molecule has 2 aliphatic rings. The number of H-pyrrole nitrogens is 1. The van der Waals surface area contributed by atoms with Crippen molar-refractivity contribution in [2.24, 2.45) is 0 Å². The molecular weight excluding hydrogens is 394 g/mol. The largest absolute Gasteiger partial charge is 0.488 e. The molecule has 31 heavy (non-hydrogen) atoms. The summed E-state index contributed by atoms with van der Waals surface area (Å²) in [7, 11) is 0. The van der Waals surface area contributed by atoms with Crippen molar-refractivity contribution < 1.29 is 14.1 Å². The molecular formula is C23H21N5O3. The standard InChI is InChI=1S/C23H21N5O3/c29-23(15-7-8-18-19(11-15)25-13-24-18)28-10-9-16(12-28)30-20-4-2-1-3-17(20)22-26-21(27-31-22)14-5-6-14/h1-4,7-8,11,13-14,16H,5-6,9-10,12H2,(H,24,25). The van der Waals surface area contributed by atoms with Crippen LogP contribution in [0.1, 0.15) is 41.4 Å². The van der Waals surface area contributed by atoms with Crippen LogP contribution in [0.4, 0.5) is 0 Å². The Labute approximate surface area is 178 Å². The first kappa shape index (κ1) is 18.1. The van der Waals surface area contributed by atoms with E-state index < -0.39 is 0 Å². The molecule has 1 aliphatic carbocycles. The summed E-state index contributed by atoms with van der Waals surface area (Å²) in [5, 5.41) is 4.11. The number of rotatable bonds is 5. The Morgan fingerprint density at radius 1 is 1.16 bits per heavy atom. The van der Waals surface area contributed by atoms with Gasteiger partial charge >= 0.3 is 0 Å². The highest BCUT2D eigenvalue weighted by Crippen LogP contribution is 2.40. The molecule has 3 heterocycles. The van der Waals surface area contributed by atoms with E-state index in [1.807, 2.05) is 47.4 Å². The molecule has 1 amide bonds. The number of ether oxygens (including phenoxy) is 1. The molecule has 1 saturated carbocycles. The number of amides is 1. The van der Waals surface area contributed by atoms with E-state index in [9.17, 15) is 4.79 Å². The molecule has 1 aliphatic heterocycles. The lowest BCUT2D eigenvalue weighted by Gasteiger charge is -2.18. The summed E-state index contributed by atoms with van der Waals surface area (Å²) >= 11 is 0. The lowest BCUT2D eigenvalue weighted by atomic mass is 10.2. The summed E-state index contributed by atoms with van der Waals surface area (Å²) in [6.07, 6.45) is 4.55. The third-order valence-corrected chi connectivity index (χ3v) is 5.89. The van der Waals surface area contributed by atoms with Crippen molar-refractivity contribution in [3.05, 3.63) is 60.2 Å². The van der Waals surface area contributed by atoms with Gasteiger partial charge < -0.3 is 19.1 Å². The van der Waals surface area contributed by atoms with Crippen molar-refractivity contribution in [2.45, 2.75) is 31.3 Å². The quantitative estimate of drug-likeness (QED) is 0.533. The van der Waals surface area contributed by atoms with Gasteiger partial charge in [-0.15, -0.1) is 0 Å². The minimum absolute atomic E-state index is 0.00172. The van der Waals surface area contributed by atoms with Crippen molar-refractivity contribution in [3.63, 3.8) is 0 Å². The molecule has 156 valence electrons. The topological polar surface area (TPSA) is 97.1 Å². The van der Waals surface area contributed by atoms with Crippen molar-refractivity contribution in [1.29, 1.82) is 0 Å². The number of benzene rings is 2. The summed E-state index contributed by atoms with van der Waals surface area (Å²) in [4.78, 5) is 26.6. The number of hydrogen-bond donors (Lipinski definition) is 1. The highest BCUT2D eigenvalue weighted by Gasteiger charge is 2.31.